The molecule has 1 aliphatic carbocycles. The summed E-state index contributed by atoms with van der Waals surface area (Å²) in [6.07, 6.45) is 6.83. The van der Waals surface area contributed by atoms with E-state index in [0.29, 0.717) is 12.0 Å². The zero-order chi connectivity index (χ0) is 20.7. The van der Waals surface area contributed by atoms with Crippen LogP contribution in [0.1, 0.15) is 49.6 Å². The highest BCUT2D eigenvalue weighted by atomic mass is 16.5. The number of hydrogen-bond acceptors (Lipinski definition) is 4. The number of rotatable bonds is 9. The van der Waals surface area contributed by atoms with E-state index >= 15 is 0 Å². The van der Waals surface area contributed by atoms with Crippen LogP contribution in [0.4, 0.5) is 0 Å². The molecule has 0 saturated heterocycles. The van der Waals surface area contributed by atoms with Crippen molar-refractivity contribution in [3.05, 3.63) is 41.3 Å². The topological polar surface area (TPSA) is 76.4 Å². The third kappa shape index (κ3) is 5.56. The number of pyridine rings is 1. The van der Waals surface area contributed by atoms with Crippen LogP contribution >= 0.6 is 0 Å². The highest BCUT2D eigenvalue weighted by Gasteiger charge is 2.36. The number of guanidine groups is 1. The molecule has 0 aromatic carbocycles. The molecule has 2 aromatic heterocycles. The van der Waals surface area contributed by atoms with Gasteiger partial charge in [0.2, 0.25) is 0 Å². The van der Waals surface area contributed by atoms with Gasteiger partial charge in [-0.25, -0.2) is 14.7 Å². The lowest BCUT2D eigenvalue weighted by molar-refractivity contribution is 0.0732. The van der Waals surface area contributed by atoms with Crippen molar-refractivity contribution >= 4 is 5.96 Å². The molecule has 1 aliphatic rings. The standard InChI is InChI=1S/C22H34N6O/c1-5-23-21(26-16-22(9-6-10-22)11-12-29-4)25-15-19-7-8-20(24-14-19)28-18(3)13-17(2)27-28/h7-8,13-14H,5-6,9-12,15-16H2,1-4H3,(H2,23,25,26). The fourth-order valence-electron chi connectivity index (χ4n) is 3.79. The molecule has 1 saturated carbocycles. The van der Waals surface area contributed by atoms with Crippen LogP contribution < -0.4 is 10.6 Å². The molecule has 0 spiro atoms. The Hall–Kier alpha value is -2.41. The molecule has 29 heavy (non-hydrogen) atoms. The second kappa shape index (κ2) is 9.87. The molecule has 0 atom stereocenters. The normalized spacial score (nSPS) is 15.8. The lowest BCUT2D eigenvalue weighted by Crippen LogP contribution is -2.46. The molecule has 0 radical (unpaired) electrons. The summed E-state index contributed by atoms with van der Waals surface area (Å²) in [5.74, 6) is 1.69. The van der Waals surface area contributed by atoms with E-state index in [0.717, 1.165) is 54.8 Å². The van der Waals surface area contributed by atoms with E-state index in [1.54, 1.807) is 7.11 Å². The van der Waals surface area contributed by atoms with Gasteiger partial charge in [-0.1, -0.05) is 12.5 Å². The first-order chi connectivity index (χ1) is 14.0. The molecule has 2 aromatic rings. The first-order valence-electron chi connectivity index (χ1n) is 10.5. The van der Waals surface area contributed by atoms with Gasteiger partial charge < -0.3 is 15.4 Å². The number of aryl methyl sites for hydroxylation is 2. The van der Waals surface area contributed by atoms with Crippen LogP contribution in [0.25, 0.3) is 5.82 Å². The molecule has 7 heteroatoms. The lowest BCUT2D eigenvalue weighted by atomic mass is 9.67. The zero-order valence-corrected chi connectivity index (χ0v) is 18.2. The number of ether oxygens (including phenoxy) is 1. The number of hydrogen-bond donors (Lipinski definition) is 2. The van der Waals surface area contributed by atoms with Crippen molar-refractivity contribution in [2.45, 2.75) is 53.0 Å². The summed E-state index contributed by atoms with van der Waals surface area (Å²) in [5, 5.41) is 11.4. The Balaban J connectivity index is 1.60. The van der Waals surface area contributed by atoms with Gasteiger partial charge in [0.1, 0.15) is 0 Å². The predicted molar refractivity (Wildman–Crippen MR) is 116 cm³/mol. The average molecular weight is 399 g/mol. The molecular formula is C22H34N6O. The van der Waals surface area contributed by atoms with Gasteiger partial charge in [-0.05, 0) is 63.1 Å². The average Bonchev–Trinajstić information content (AvgIpc) is 3.03. The van der Waals surface area contributed by atoms with Crippen LogP contribution in [-0.2, 0) is 11.3 Å². The predicted octanol–water partition coefficient (Wildman–Crippen LogP) is 3.15. The summed E-state index contributed by atoms with van der Waals surface area (Å²) in [6.45, 7) is 9.31. The lowest BCUT2D eigenvalue weighted by Gasteiger charge is -2.42. The second-order valence-electron chi connectivity index (χ2n) is 8.01. The first-order valence-corrected chi connectivity index (χ1v) is 10.5. The van der Waals surface area contributed by atoms with Gasteiger partial charge in [-0.15, -0.1) is 0 Å². The monoisotopic (exact) mass is 398 g/mol. The Labute approximate surface area is 174 Å². The molecule has 0 amide bonds. The molecule has 158 valence electrons. The van der Waals surface area contributed by atoms with Crippen molar-refractivity contribution in [1.82, 2.24) is 25.4 Å². The molecule has 0 unspecified atom stereocenters. The van der Waals surface area contributed by atoms with Gasteiger partial charge in [-0.2, -0.15) is 5.10 Å². The molecule has 7 nitrogen and oxygen atoms in total. The Morgan fingerprint density at radius 1 is 1.28 bits per heavy atom. The summed E-state index contributed by atoms with van der Waals surface area (Å²) in [7, 11) is 1.78. The molecular weight excluding hydrogens is 364 g/mol. The van der Waals surface area contributed by atoms with Crippen molar-refractivity contribution in [3.63, 3.8) is 0 Å². The fraction of sp³-hybridized carbons (Fsp3) is 0.591. The van der Waals surface area contributed by atoms with Crippen molar-refractivity contribution in [3.8, 4) is 5.82 Å². The molecule has 1 fully saturated rings. The Kier molecular flexibility index (Phi) is 7.25. The van der Waals surface area contributed by atoms with E-state index in [1.165, 1.54) is 19.3 Å². The van der Waals surface area contributed by atoms with Crippen molar-refractivity contribution < 1.29 is 4.74 Å². The van der Waals surface area contributed by atoms with Gasteiger partial charge in [0.15, 0.2) is 11.8 Å². The Morgan fingerprint density at radius 3 is 2.66 bits per heavy atom. The maximum Gasteiger partial charge on any atom is 0.191 e. The minimum Gasteiger partial charge on any atom is -0.385 e. The smallest absolute Gasteiger partial charge is 0.191 e. The molecule has 2 N–H and O–H groups in total. The second-order valence-corrected chi connectivity index (χ2v) is 8.01. The van der Waals surface area contributed by atoms with Gasteiger partial charge in [-0.3, -0.25) is 0 Å². The first kappa shape index (κ1) is 21.3. The minimum absolute atomic E-state index is 0.356. The third-order valence-corrected chi connectivity index (χ3v) is 5.68. The molecule has 0 aliphatic heterocycles. The van der Waals surface area contributed by atoms with Crippen LogP contribution in [0.2, 0.25) is 0 Å². The van der Waals surface area contributed by atoms with Gasteiger partial charge in [0, 0.05) is 38.7 Å². The summed E-state index contributed by atoms with van der Waals surface area (Å²) >= 11 is 0. The van der Waals surface area contributed by atoms with Gasteiger partial charge in [0.25, 0.3) is 0 Å². The van der Waals surface area contributed by atoms with Crippen LogP contribution in [0.5, 0.6) is 0 Å². The summed E-state index contributed by atoms with van der Waals surface area (Å²) in [5.41, 5.74) is 3.51. The maximum absolute atomic E-state index is 5.30. The van der Waals surface area contributed by atoms with Crippen LogP contribution in [-0.4, -0.2) is 47.5 Å². The van der Waals surface area contributed by atoms with Crippen LogP contribution in [0, 0.1) is 19.3 Å². The van der Waals surface area contributed by atoms with E-state index in [4.69, 9.17) is 9.73 Å². The number of nitrogens with one attached hydrogen (secondary N) is 2. The van der Waals surface area contributed by atoms with E-state index < -0.39 is 0 Å². The zero-order valence-electron chi connectivity index (χ0n) is 18.2. The quantitative estimate of drug-likeness (QED) is 0.501. The third-order valence-electron chi connectivity index (χ3n) is 5.68. The SMILES string of the molecule is CCNC(=NCc1ccc(-n2nc(C)cc2C)nc1)NCC1(CCOC)CCC1. The molecule has 0 bridgehead atoms. The van der Waals surface area contributed by atoms with Crippen molar-refractivity contribution in [2.24, 2.45) is 10.4 Å². The summed E-state index contributed by atoms with van der Waals surface area (Å²) < 4.78 is 7.16. The Bertz CT molecular complexity index is 807. The molecule has 3 rings (SSSR count). The van der Waals surface area contributed by atoms with Gasteiger partial charge >= 0.3 is 0 Å². The van der Waals surface area contributed by atoms with E-state index in [9.17, 15) is 0 Å². The van der Waals surface area contributed by atoms with E-state index in [-0.39, 0.29) is 0 Å². The highest BCUT2D eigenvalue weighted by molar-refractivity contribution is 5.79. The van der Waals surface area contributed by atoms with Crippen molar-refractivity contribution in [2.75, 3.05) is 26.8 Å². The maximum atomic E-state index is 5.30. The van der Waals surface area contributed by atoms with E-state index in [2.05, 4.69) is 39.8 Å². The fourth-order valence-corrected chi connectivity index (χ4v) is 3.79. The van der Waals surface area contributed by atoms with Crippen LogP contribution in [0.3, 0.4) is 0 Å². The largest absolute Gasteiger partial charge is 0.385 e. The number of aliphatic imine (C=N–C) groups is 1. The highest BCUT2D eigenvalue weighted by Crippen LogP contribution is 2.43. The van der Waals surface area contributed by atoms with E-state index in [1.807, 2.05) is 30.8 Å². The van der Waals surface area contributed by atoms with Crippen molar-refractivity contribution in [1.29, 1.82) is 0 Å². The summed E-state index contributed by atoms with van der Waals surface area (Å²) in [6, 6.07) is 6.12. The number of methoxy groups -OCH3 is 1. The van der Waals surface area contributed by atoms with Crippen LogP contribution in [0.15, 0.2) is 29.4 Å². The minimum atomic E-state index is 0.356. The number of aromatic nitrogens is 3. The Morgan fingerprint density at radius 2 is 2.10 bits per heavy atom. The summed E-state index contributed by atoms with van der Waals surface area (Å²) in [4.78, 5) is 9.32. The molecule has 2 heterocycles. The van der Waals surface area contributed by atoms with Gasteiger partial charge in [0.05, 0.1) is 12.2 Å². The number of nitrogens with zero attached hydrogens (tertiary/aromatic N) is 4.